The first kappa shape index (κ1) is 23.9. The third-order valence-electron chi connectivity index (χ3n) is 7.29. The molecule has 0 saturated carbocycles. The fraction of sp³-hybridized carbons (Fsp3) is 0.393. The maximum Gasteiger partial charge on any atom is 0.330 e. The van der Waals surface area contributed by atoms with Gasteiger partial charge in [0.2, 0.25) is 0 Å². The van der Waals surface area contributed by atoms with Gasteiger partial charge >= 0.3 is 6.03 Å². The van der Waals surface area contributed by atoms with Crippen molar-refractivity contribution in [3.63, 3.8) is 0 Å². The molecule has 2 amide bonds. The lowest BCUT2D eigenvalue weighted by molar-refractivity contribution is 0.132. The van der Waals surface area contributed by atoms with Crippen LogP contribution < -0.4 is 15.0 Å². The largest absolute Gasteiger partial charge is 0.497 e. The highest BCUT2D eigenvalue weighted by Gasteiger charge is 2.46. The van der Waals surface area contributed by atoms with E-state index in [1.54, 1.807) is 18.3 Å². The summed E-state index contributed by atoms with van der Waals surface area (Å²) < 4.78 is 5.23. The summed E-state index contributed by atoms with van der Waals surface area (Å²) in [5, 5.41) is 13.7. The van der Waals surface area contributed by atoms with Gasteiger partial charge in [-0.25, -0.2) is 14.7 Å². The molecule has 0 radical (unpaired) electrons. The molecule has 2 atom stereocenters. The lowest BCUT2D eigenvalue weighted by Gasteiger charge is -2.45. The second kappa shape index (κ2) is 10.8. The summed E-state index contributed by atoms with van der Waals surface area (Å²) in [5.41, 5.74) is 2.08. The Bertz CT molecular complexity index is 1160. The molecule has 0 spiro atoms. The van der Waals surface area contributed by atoms with Crippen LogP contribution in [0.4, 0.5) is 16.2 Å². The number of ether oxygens (including phenoxy) is 1. The van der Waals surface area contributed by atoms with E-state index < -0.39 is 0 Å². The van der Waals surface area contributed by atoms with Gasteiger partial charge in [0.1, 0.15) is 11.8 Å². The number of nitrogens with zero attached hydrogens (tertiary/aromatic N) is 5. The number of fused-ring (bicyclic) bond motifs is 1. The minimum absolute atomic E-state index is 0.118. The van der Waals surface area contributed by atoms with Gasteiger partial charge in [-0.2, -0.15) is 5.26 Å². The summed E-state index contributed by atoms with van der Waals surface area (Å²) in [7, 11) is 1.63. The molecule has 186 valence electrons. The zero-order valence-electron chi connectivity index (χ0n) is 20.6. The number of amides is 2. The molecule has 3 aliphatic heterocycles. The highest BCUT2D eigenvalue weighted by molar-refractivity contribution is 5.98. The van der Waals surface area contributed by atoms with Crippen LogP contribution >= 0.6 is 0 Å². The van der Waals surface area contributed by atoms with Gasteiger partial charge in [0, 0.05) is 18.3 Å². The van der Waals surface area contributed by atoms with Crippen LogP contribution in [0.3, 0.4) is 0 Å². The predicted molar refractivity (Wildman–Crippen MR) is 141 cm³/mol. The van der Waals surface area contributed by atoms with Crippen molar-refractivity contribution in [2.45, 2.75) is 44.2 Å². The molecule has 3 heterocycles. The second-order valence-corrected chi connectivity index (χ2v) is 9.38. The molecule has 2 aromatic rings. The number of carbonyl (C=O) groups is 1. The first-order valence-corrected chi connectivity index (χ1v) is 12.7. The van der Waals surface area contributed by atoms with E-state index in [2.05, 4.69) is 16.3 Å². The third-order valence-corrected chi connectivity index (χ3v) is 7.29. The molecule has 8 nitrogen and oxygen atoms in total. The fourth-order valence-corrected chi connectivity index (χ4v) is 5.54. The van der Waals surface area contributed by atoms with Crippen LogP contribution in [0.2, 0.25) is 0 Å². The van der Waals surface area contributed by atoms with Crippen LogP contribution in [-0.4, -0.2) is 61.0 Å². The SMILES string of the molecule is COc1ccc(NC=NC2=C(C#N)C3C(N4CCCC4)CCCCN3C(=O)N2c2ccccc2)cc1. The summed E-state index contributed by atoms with van der Waals surface area (Å²) in [4.78, 5) is 24.7. The summed E-state index contributed by atoms with van der Waals surface area (Å²) in [6.07, 6.45) is 6.85. The van der Waals surface area contributed by atoms with E-state index in [4.69, 9.17) is 9.73 Å². The average molecular weight is 485 g/mol. The monoisotopic (exact) mass is 484 g/mol. The maximum absolute atomic E-state index is 14.0. The molecule has 2 saturated heterocycles. The predicted octanol–water partition coefficient (Wildman–Crippen LogP) is 4.83. The van der Waals surface area contributed by atoms with Crippen molar-refractivity contribution in [2.24, 2.45) is 4.99 Å². The van der Waals surface area contributed by atoms with Gasteiger partial charge in [-0.1, -0.05) is 24.6 Å². The molecule has 5 rings (SSSR count). The standard InChI is InChI=1S/C28H32N6O2/c1-36-23-14-12-21(13-15-23)30-20-31-27-24(19-29)26-25(32-16-7-8-17-32)11-5-6-18-33(26)28(35)34(27)22-9-3-2-4-10-22/h2-4,9-10,12-15,20,25-26H,5-8,11,16-18H2,1H3,(H,30,31). The number of benzene rings is 2. The van der Waals surface area contributed by atoms with Crippen molar-refractivity contribution in [3.05, 3.63) is 66.0 Å². The topological polar surface area (TPSA) is 84.2 Å². The summed E-state index contributed by atoms with van der Waals surface area (Å²) >= 11 is 0. The molecule has 0 bridgehead atoms. The number of anilines is 2. The summed E-state index contributed by atoms with van der Waals surface area (Å²) in [6.45, 7) is 2.67. The minimum Gasteiger partial charge on any atom is -0.497 e. The van der Waals surface area contributed by atoms with E-state index in [0.717, 1.165) is 56.6 Å². The van der Waals surface area contributed by atoms with Crippen LogP contribution in [0.15, 0.2) is 71.0 Å². The Morgan fingerprint density at radius 1 is 1.03 bits per heavy atom. The second-order valence-electron chi connectivity index (χ2n) is 9.38. The Hall–Kier alpha value is -3.83. The van der Waals surface area contributed by atoms with Crippen LogP contribution in [-0.2, 0) is 0 Å². The molecule has 0 aliphatic carbocycles. The third kappa shape index (κ3) is 4.67. The van der Waals surface area contributed by atoms with E-state index in [1.165, 1.54) is 0 Å². The van der Waals surface area contributed by atoms with Gasteiger partial charge in [-0.05, 0) is 75.2 Å². The van der Waals surface area contributed by atoms with Crippen molar-refractivity contribution < 1.29 is 9.53 Å². The van der Waals surface area contributed by atoms with Crippen molar-refractivity contribution in [1.82, 2.24) is 9.80 Å². The van der Waals surface area contributed by atoms with Crippen LogP contribution in [0.25, 0.3) is 0 Å². The number of urea groups is 1. The first-order chi connectivity index (χ1) is 17.7. The number of carbonyl (C=O) groups excluding carboxylic acids is 1. The van der Waals surface area contributed by atoms with Crippen LogP contribution in [0, 0.1) is 11.3 Å². The average Bonchev–Trinajstić information content (AvgIpc) is 3.36. The van der Waals surface area contributed by atoms with Gasteiger partial charge in [-0.3, -0.25) is 4.90 Å². The van der Waals surface area contributed by atoms with Gasteiger partial charge in [0.05, 0.1) is 30.8 Å². The number of nitriles is 1. The minimum atomic E-state index is -0.295. The first-order valence-electron chi connectivity index (χ1n) is 12.7. The number of nitrogens with one attached hydrogen (secondary N) is 1. The molecule has 2 aromatic carbocycles. The molecule has 1 N–H and O–H groups in total. The van der Waals surface area contributed by atoms with E-state index in [-0.39, 0.29) is 18.1 Å². The van der Waals surface area contributed by atoms with Crippen molar-refractivity contribution in [2.75, 3.05) is 37.0 Å². The quantitative estimate of drug-likeness (QED) is 0.469. The molecule has 3 aliphatic rings. The van der Waals surface area contributed by atoms with Crippen molar-refractivity contribution >= 4 is 23.7 Å². The van der Waals surface area contributed by atoms with E-state index in [0.29, 0.717) is 23.6 Å². The summed E-state index contributed by atoms with van der Waals surface area (Å²) in [5.74, 6) is 1.16. The lowest BCUT2D eigenvalue weighted by Crippen LogP contribution is -2.59. The maximum atomic E-state index is 14.0. The van der Waals surface area contributed by atoms with Gasteiger partial charge < -0.3 is 15.0 Å². The molecule has 2 fully saturated rings. The zero-order chi connectivity index (χ0) is 24.9. The highest BCUT2D eigenvalue weighted by atomic mass is 16.5. The molecule has 2 unspecified atom stereocenters. The van der Waals surface area contributed by atoms with Gasteiger partial charge in [0.25, 0.3) is 0 Å². The molecule has 36 heavy (non-hydrogen) atoms. The Balaban J connectivity index is 1.56. The van der Waals surface area contributed by atoms with E-state index >= 15 is 0 Å². The number of likely N-dealkylation sites (tertiary alicyclic amines) is 1. The number of aliphatic imine (C=N–C) groups is 1. The number of hydrogen-bond acceptors (Lipinski definition) is 5. The lowest BCUT2D eigenvalue weighted by atomic mass is 9.93. The van der Waals surface area contributed by atoms with Gasteiger partial charge in [0.15, 0.2) is 5.82 Å². The zero-order valence-corrected chi connectivity index (χ0v) is 20.6. The molecular weight excluding hydrogens is 452 g/mol. The Morgan fingerprint density at radius 2 is 1.75 bits per heavy atom. The molecular formula is C28H32N6O2. The van der Waals surface area contributed by atoms with Gasteiger partial charge in [-0.15, -0.1) is 0 Å². The van der Waals surface area contributed by atoms with Crippen LogP contribution in [0.1, 0.15) is 32.1 Å². The van der Waals surface area contributed by atoms with Crippen molar-refractivity contribution in [3.8, 4) is 11.8 Å². The number of rotatable bonds is 6. The number of para-hydroxylation sites is 1. The van der Waals surface area contributed by atoms with Crippen LogP contribution in [0.5, 0.6) is 5.75 Å². The number of methoxy groups -OCH3 is 1. The Morgan fingerprint density at radius 3 is 2.44 bits per heavy atom. The van der Waals surface area contributed by atoms with E-state index in [1.807, 2.05) is 59.5 Å². The van der Waals surface area contributed by atoms with Crippen molar-refractivity contribution in [1.29, 1.82) is 5.26 Å². The smallest absolute Gasteiger partial charge is 0.330 e. The number of hydrogen-bond donors (Lipinski definition) is 1. The fourth-order valence-electron chi connectivity index (χ4n) is 5.54. The Kier molecular flexibility index (Phi) is 7.19. The summed E-state index contributed by atoms with van der Waals surface area (Å²) in [6, 6.07) is 19.2. The Labute approximate surface area is 212 Å². The normalized spacial score (nSPS) is 22.9. The van der Waals surface area contributed by atoms with E-state index in [9.17, 15) is 10.1 Å². The molecule has 0 aromatic heterocycles. The molecule has 8 heteroatoms. The highest BCUT2D eigenvalue weighted by Crippen LogP contribution is 2.37.